The zero-order valence-electron chi connectivity index (χ0n) is 19.1. The molecule has 0 rings (SSSR count). The summed E-state index contributed by atoms with van der Waals surface area (Å²) in [5.41, 5.74) is 0. The molecule has 0 saturated heterocycles. The molecule has 0 aromatic carbocycles. The summed E-state index contributed by atoms with van der Waals surface area (Å²) in [6.45, 7) is 11.6. The SMILES string of the molecule is CC(C)[O][Al+][O]C(C)C.CCCCCCCCCCCCC(C(C)=O)C(=O)[O-]. The molecule has 5 nitrogen and oxygen atoms in total. The van der Waals surface area contributed by atoms with Crippen molar-refractivity contribution in [1.82, 2.24) is 0 Å². The summed E-state index contributed by atoms with van der Waals surface area (Å²) < 4.78 is 10.4. The van der Waals surface area contributed by atoms with Crippen LogP contribution in [-0.2, 0) is 17.2 Å². The number of unbranched alkanes of at least 4 members (excludes halogenated alkanes) is 9. The van der Waals surface area contributed by atoms with Crippen LogP contribution < -0.4 is 5.11 Å². The number of hydrogen-bond donors (Lipinski definition) is 0. The smallest absolute Gasteiger partial charge is 0.138 e. The van der Waals surface area contributed by atoms with Crippen LogP contribution in [0.4, 0.5) is 0 Å². The monoisotopic (exact) mass is 414 g/mol. The summed E-state index contributed by atoms with van der Waals surface area (Å²) in [6, 6.07) is 0. The predicted octanol–water partition coefficient (Wildman–Crippen LogP) is 4.62. The van der Waals surface area contributed by atoms with Crippen LogP contribution in [0.25, 0.3) is 0 Å². The standard InChI is InChI=1S/C16H30O3.2C3H7O.Al/c1-3-4-5-6-7-8-9-10-11-12-13-15(14(2)17)16(18)19;2*1-3(2)4;/h15H,3-13H2,1-2H3,(H,18,19);2*3H,1-2H3;/q;2*-1;+3/p-1. The van der Waals surface area contributed by atoms with E-state index in [-0.39, 0.29) is 21.7 Å². The first-order valence-corrected chi connectivity index (χ1v) is 12.0. The first-order valence-electron chi connectivity index (χ1n) is 11.1. The summed E-state index contributed by atoms with van der Waals surface area (Å²) in [5, 5.41) is 10.7. The van der Waals surface area contributed by atoms with E-state index in [1.807, 2.05) is 27.7 Å². The number of carboxylic acid groups (broad SMARTS) is 1. The Kier molecular flexibility index (Phi) is 22.7. The van der Waals surface area contributed by atoms with E-state index in [0.29, 0.717) is 18.6 Å². The fraction of sp³-hybridized carbons (Fsp3) is 0.909. The van der Waals surface area contributed by atoms with Crippen LogP contribution >= 0.6 is 0 Å². The number of aliphatic carboxylic acids is 1. The molecule has 0 aliphatic rings. The molecule has 0 aromatic heterocycles. The van der Waals surface area contributed by atoms with E-state index in [4.69, 9.17) is 7.58 Å². The summed E-state index contributed by atoms with van der Waals surface area (Å²) >= 11 is -0.245. The molecule has 0 saturated carbocycles. The second-order valence-electron chi connectivity index (χ2n) is 7.92. The van der Waals surface area contributed by atoms with Gasteiger partial charge in [-0.3, -0.25) is 4.79 Å². The normalized spacial score (nSPS) is 11.7. The minimum atomic E-state index is -1.22. The number of carbonyl (C=O) groups excluding carboxylic acids is 2. The third-order valence-electron chi connectivity index (χ3n) is 4.28. The van der Waals surface area contributed by atoms with Gasteiger partial charge in [-0.05, 0) is 13.3 Å². The Morgan fingerprint density at radius 2 is 1.18 bits per heavy atom. The van der Waals surface area contributed by atoms with Gasteiger partial charge in [0.1, 0.15) is 5.78 Å². The molecule has 0 radical (unpaired) electrons. The number of ketones is 1. The van der Waals surface area contributed by atoms with Crippen molar-refractivity contribution >= 4 is 27.6 Å². The minimum absolute atomic E-state index is 0.245. The molecule has 0 heterocycles. The molecule has 0 spiro atoms. The van der Waals surface area contributed by atoms with Crippen LogP contribution in [-0.4, -0.2) is 39.8 Å². The molecule has 0 N–H and O–H groups in total. The molecule has 0 aliphatic heterocycles. The van der Waals surface area contributed by atoms with Gasteiger partial charge in [0.2, 0.25) is 0 Å². The van der Waals surface area contributed by atoms with E-state index < -0.39 is 11.9 Å². The van der Waals surface area contributed by atoms with E-state index in [1.165, 1.54) is 51.9 Å². The van der Waals surface area contributed by atoms with Crippen molar-refractivity contribution in [3.8, 4) is 0 Å². The zero-order valence-corrected chi connectivity index (χ0v) is 20.3. The number of hydrogen-bond acceptors (Lipinski definition) is 5. The van der Waals surface area contributed by atoms with Gasteiger partial charge in [0, 0.05) is 0 Å². The van der Waals surface area contributed by atoms with Crippen molar-refractivity contribution in [2.24, 2.45) is 5.92 Å². The van der Waals surface area contributed by atoms with Crippen molar-refractivity contribution < 1.29 is 22.3 Å². The van der Waals surface area contributed by atoms with Crippen molar-refractivity contribution in [3.63, 3.8) is 0 Å². The van der Waals surface area contributed by atoms with Crippen LogP contribution in [0.1, 0.15) is 112 Å². The second-order valence-corrected chi connectivity index (χ2v) is 8.66. The van der Waals surface area contributed by atoms with Gasteiger partial charge < -0.3 is 9.90 Å². The Labute approximate surface area is 180 Å². The molecule has 0 aromatic rings. The summed E-state index contributed by atoms with van der Waals surface area (Å²) in [4.78, 5) is 21.8. The molecule has 28 heavy (non-hydrogen) atoms. The fourth-order valence-corrected chi connectivity index (χ4v) is 3.09. The van der Waals surface area contributed by atoms with Crippen molar-refractivity contribution in [2.75, 3.05) is 0 Å². The van der Waals surface area contributed by atoms with Crippen LogP contribution in [0, 0.1) is 5.92 Å². The van der Waals surface area contributed by atoms with Gasteiger partial charge in [-0.15, -0.1) is 0 Å². The quantitative estimate of drug-likeness (QED) is 0.197. The Bertz CT molecular complexity index is 350. The van der Waals surface area contributed by atoms with Crippen LogP contribution in [0.2, 0.25) is 0 Å². The first kappa shape index (κ1) is 29.8. The largest absolute Gasteiger partial charge is 0.549 e. The Morgan fingerprint density at radius 1 is 0.786 bits per heavy atom. The van der Waals surface area contributed by atoms with E-state index >= 15 is 0 Å². The van der Waals surface area contributed by atoms with Crippen LogP contribution in [0.5, 0.6) is 0 Å². The average molecular weight is 415 g/mol. The van der Waals surface area contributed by atoms with Crippen LogP contribution in [0.15, 0.2) is 0 Å². The van der Waals surface area contributed by atoms with Crippen molar-refractivity contribution in [3.05, 3.63) is 0 Å². The van der Waals surface area contributed by atoms with Gasteiger partial charge in [0.15, 0.2) is 0 Å². The molecular weight excluding hydrogens is 371 g/mol. The van der Waals surface area contributed by atoms with E-state index in [9.17, 15) is 14.7 Å². The summed E-state index contributed by atoms with van der Waals surface area (Å²) in [7, 11) is 0. The molecule has 0 amide bonds. The molecule has 164 valence electrons. The van der Waals surface area contributed by atoms with E-state index in [2.05, 4.69) is 6.92 Å². The number of rotatable bonds is 17. The number of carboxylic acids is 1. The van der Waals surface area contributed by atoms with Crippen LogP contribution in [0.3, 0.4) is 0 Å². The molecule has 0 fully saturated rings. The maximum Gasteiger partial charge on any atom is 0.138 e. The average Bonchev–Trinajstić information content (AvgIpc) is 2.59. The maximum atomic E-state index is 11.1. The van der Waals surface area contributed by atoms with Gasteiger partial charge in [-0.1, -0.05) is 71.1 Å². The molecule has 1 atom stereocenters. The van der Waals surface area contributed by atoms with Gasteiger partial charge in [0.25, 0.3) is 0 Å². The van der Waals surface area contributed by atoms with Gasteiger partial charge in [-0.25, -0.2) is 0 Å². The molecular formula is C22H43AlO5. The Balaban J connectivity index is 0. The Morgan fingerprint density at radius 3 is 1.50 bits per heavy atom. The second kappa shape index (κ2) is 21.3. The third-order valence-corrected chi connectivity index (χ3v) is 5.59. The topological polar surface area (TPSA) is 75.7 Å². The van der Waals surface area contributed by atoms with Gasteiger partial charge >= 0.3 is 63.4 Å². The third kappa shape index (κ3) is 23.6. The summed E-state index contributed by atoms with van der Waals surface area (Å²) in [5.74, 6) is -2.40. The number of carbonyl (C=O) groups is 2. The molecule has 0 bridgehead atoms. The van der Waals surface area contributed by atoms with E-state index in [0.717, 1.165) is 19.3 Å². The maximum absolute atomic E-state index is 11.1. The van der Waals surface area contributed by atoms with Gasteiger partial charge in [-0.2, -0.15) is 0 Å². The fourth-order valence-electron chi connectivity index (χ4n) is 2.58. The van der Waals surface area contributed by atoms with Crippen molar-refractivity contribution in [2.45, 2.75) is 124 Å². The molecule has 6 heteroatoms. The minimum Gasteiger partial charge on any atom is -0.549 e. The van der Waals surface area contributed by atoms with Gasteiger partial charge in [0.05, 0.1) is 11.9 Å². The Hall–Kier alpha value is -0.408. The first-order chi connectivity index (χ1) is 13.2. The number of Topliss-reactive ketones (excluding diaryl/α,β-unsaturated/α-hetero) is 1. The predicted molar refractivity (Wildman–Crippen MR) is 114 cm³/mol. The van der Waals surface area contributed by atoms with E-state index in [1.54, 1.807) is 0 Å². The summed E-state index contributed by atoms with van der Waals surface area (Å²) in [6.07, 6.45) is 13.2. The molecule has 0 aliphatic carbocycles. The zero-order chi connectivity index (χ0) is 21.8. The molecule has 1 unspecified atom stereocenters. The van der Waals surface area contributed by atoms with Crippen molar-refractivity contribution in [1.29, 1.82) is 0 Å².